The lowest BCUT2D eigenvalue weighted by molar-refractivity contribution is -0.131. The van der Waals surface area contributed by atoms with E-state index < -0.39 is 23.8 Å². The van der Waals surface area contributed by atoms with Crippen molar-refractivity contribution in [2.75, 3.05) is 36.4 Å². The summed E-state index contributed by atoms with van der Waals surface area (Å²) in [6.45, 7) is 5.83. The first-order valence-corrected chi connectivity index (χ1v) is 18.1. The molecule has 0 radical (unpaired) electrons. The molecule has 1 heterocycles. The molecule has 3 amide bonds. The van der Waals surface area contributed by atoms with Crippen LogP contribution in [-0.4, -0.2) is 82.2 Å². The summed E-state index contributed by atoms with van der Waals surface area (Å²) in [6.07, 6.45) is 8.61. The molecule has 0 spiro atoms. The minimum atomic E-state index is -0.704. The molecule has 8 nitrogen and oxygen atoms in total. The standard InChI is InChI=1S/C30H47N3O5S3/c1-30(2,3)38-29(36)33-25(20-41-26(33)15-16-39-5)28(35)32-24(19-40-18-22-9-7-6-8-10-22)27(34)31-17-21-11-13-23(37-4)14-12-21/h11-14,22,24-26H,6-10,15-20H2,1-5H3,(H,31,34)(H,32,35)/t24-,25-,26?/m0/s1. The number of carbonyl (C=O) groups is 3. The van der Waals surface area contributed by atoms with Gasteiger partial charge in [0.15, 0.2) is 0 Å². The van der Waals surface area contributed by atoms with Gasteiger partial charge in [-0.2, -0.15) is 23.5 Å². The van der Waals surface area contributed by atoms with Crippen molar-refractivity contribution in [3.8, 4) is 5.75 Å². The van der Waals surface area contributed by atoms with Gasteiger partial charge < -0.3 is 20.1 Å². The molecule has 2 fully saturated rings. The third-order valence-corrected chi connectivity index (χ3v) is 10.5. The molecule has 0 aromatic heterocycles. The van der Waals surface area contributed by atoms with Crippen LogP contribution in [0.2, 0.25) is 0 Å². The van der Waals surface area contributed by atoms with Crippen LogP contribution in [0.4, 0.5) is 4.79 Å². The molecule has 3 atom stereocenters. The Kier molecular flexibility index (Phi) is 13.8. The van der Waals surface area contributed by atoms with Crippen molar-refractivity contribution in [3.63, 3.8) is 0 Å². The van der Waals surface area contributed by atoms with Gasteiger partial charge in [0.05, 0.1) is 12.5 Å². The van der Waals surface area contributed by atoms with Crippen LogP contribution in [-0.2, 0) is 20.9 Å². The molecule has 1 aromatic carbocycles. The van der Waals surface area contributed by atoms with Gasteiger partial charge in [-0.1, -0.05) is 31.4 Å². The molecule has 2 N–H and O–H groups in total. The zero-order valence-electron chi connectivity index (χ0n) is 25.1. The SMILES string of the molecule is COc1ccc(CNC(=O)[C@H](CSCC2CCCCC2)NC(=O)[C@@H]2CSC(CCSC)N2C(=O)OC(C)(C)C)cc1. The van der Waals surface area contributed by atoms with E-state index in [0.29, 0.717) is 24.0 Å². The lowest BCUT2D eigenvalue weighted by atomic mass is 9.91. The third kappa shape index (κ3) is 11.1. The van der Waals surface area contributed by atoms with E-state index in [2.05, 4.69) is 10.6 Å². The second-order valence-electron chi connectivity index (χ2n) is 11.6. The lowest BCUT2D eigenvalue weighted by Crippen LogP contribution is -2.56. The smallest absolute Gasteiger partial charge is 0.411 e. The summed E-state index contributed by atoms with van der Waals surface area (Å²) in [4.78, 5) is 41.9. The first-order chi connectivity index (χ1) is 19.6. The van der Waals surface area contributed by atoms with Crippen molar-refractivity contribution in [1.82, 2.24) is 15.5 Å². The highest BCUT2D eigenvalue weighted by atomic mass is 32.2. The molecule has 1 unspecified atom stereocenters. The van der Waals surface area contributed by atoms with E-state index in [0.717, 1.165) is 29.2 Å². The summed E-state index contributed by atoms with van der Waals surface area (Å²) >= 11 is 5.04. The van der Waals surface area contributed by atoms with E-state index in [-0.39, 0.29) is 17.2 Å². The molecule has 2 aliphatic rings. The number of nitrogens with one attached hydrogen (secondary N) is 2. The van der Waals surface area contributed by atoms with Crippen LogP contribution in [0.1, 0.15) is 64.9 Å². The van der Waals surface area contributed by atoms with E-state index >= 15 is 0 Å². The highest BCUT2D eigenvalue weighted by molar-refractivity contribution is 8.00. The average molecular weight is 626 g/mol. The van der Waals surface area contributed by atoms with Crippen LogP contribution in [0.3, 0.4) is 0 Å². The van der Waals surface area contributed by atoms with Crippen LogP contribution in [0, 0.1) is 5.92 Å². The summed E-state index contributed by atoms with van der Waals surface area (Å²) in [5.41, 5.74) is 0.272. The minimum Gasteiger partial charge on any atom is -0.497 e. The molecule has 41 heavy (non-hydrogen) atoms. The fourth-order valence-corrected chi connectivity index (χ4v) is 8.25. The van der Waals surface area contributed by atoms with Gasteiger partial charge in [0.25, 0.3) is 0 Å². The maximum atomic E-state index is 13.7. The summed E-state index contributed by atoms with van der Waals surface area (Å²) in [5.74, 6) is 3.70. The molecule has 1 aliphatic heterocycles. The molecule has 230 valence electrons. The molecule has 1 aliphatic carbocycles. The number of thioether (sulfide) groups is 3. The monoisotopic (exact) mass is 625 g/mol. The van der Waals surface area contributed by atoms with Crippen LogP contribution < -0.4 is 15.4 Å². The number of amides is 3. The second-order valence-corrected chi connectivity index (χ2v) is 14.9. The molecule has 1 saturated carbocycles. The van der Waals surface area contributed by atoms with Crippen molar-refractivity contribution >= 4 is 53.2 Å². The van der Waals surface area contributed by atoms with Gasteiger partial charge in [-0.25, -0.2) is 4.79 Å². The van der Waals surface area contributed by atoms with Gasteiger partial charge in [-0.15, -0.1) is 11.8 Å². The number of ether oxygens (including phenoxy) is 2. The molecule has 3 rings (SSSR count). The maximum Gasteiger partial charge on any atom is 0.411 e. The summed E-state index contributed by atoms with van der Waals surface area (Å²) in [6, 6.07) is 6.14. The first-order valence-electron chi connectivity index (χ1n) is 14.5. The number of hydrogen-bond donors (Lipinski definition) is 2. The highest BCUT2D eigenvalue weighted by Gasteiger charge is 2.44. The largest absolute Gasteiger partial charge is 0.497 e. The first kappa shape index (κ1) is 33.8. The topological polar surface area (TPSA) is 97.0 Å². The Bertz CT molecular complexity index is 983. The summed E-state index contributed by atoms with van der Waals surface area (Å²) in [7, 11) is 1.62. The Hall–Kier alpha value is -1.72. The van der Waals surface area contributed by atoms with Crippen LogP contribution >= 0.6 is 35.3 Å². The molecule has 1 aromatic rings. The van der Waals surface area contributed by atoms with Gasteiger partial charge in [-0.05, 0) is 81.4 Å². The Labute approximate surface area is 258 Å². The number of hydrogen-bond acceptors (Lipinski definition) is 8. The normalized spacial score (nSPS) is 20.4. The Balaban J connectivity index is 1.69. The van der Waals surface area contributed by atoms with Crippen molar-refractivity contribution in [1.29, 1.82) is 0 Å². The predicted octanol–water partition coefficient (Wildman–Crippen LogP) is 5.54. The Morgan fingerprint density at radius 3 is 2.46 bits per heavy atom. The lowest BCUT2D eigenvalue weighted by Gasteiger charge is -2.32. The highest BCUT2D eigenvalue weighted by Crippen LogP contribution is 2.34. The van der Waals surface area contributed by atoms with Crippen LogP contribution in [0.25, 0.3) is 0 Å². The van der Waals surface area contributed by atoms with Crippen LogP contribution in [0.5, 0.6) is 5.75 Å². The van der Waals surface area contributed by atoms with E-state index in [4.69, 9.17) is 9.47 Å². The molecule has 0 bridgehead atoms. The van der Waals surface area contributed by atoms with Crippen LogP contribution in [0.15, 0.2) is 24.3 Å². The average Bonchev–Trinajstić information content (AvgIpc) is 3.38. The Morgan fingerprint density at radius 2 is 1.83 bits per heavy atom. The van der Waals surface area contributed by atoms with E-state index in [1.165, 1.54) is 32.1 Å². The summed E-state index contributed by atoms with van der Waals surface area (Å²) in [5, 5.41) is 5.87. The van der Waals surface area contributed by atoms with Crippen molar-refractivity contribution in [3.05, 3.63) is 29.8 Å². The quantitative estimate of drug-likeness (QED) is 0.295. The minimum absolute atomic E-state index is 0.143. The number of methoxy groups -OCH3 is 1. The Morgan fingerprint density at radius 1 is 1.12 bits per heavy atom. The maximum absolute atomic E-state index is 13.7. The molecule has 11 heteroatoms. The van der Waals surface area contributed by atoms with Crippen molar-refractivity contribution in [2.45, 2.75) is 88.9 Å². The van der Waals surface area contributed by atoms with E-state index in [9.17, 15) is 14.4 Å². The third-order valence-electron chi connectivity index (χ3n) is 7.19. The van der Waals surface area contributed by atoms with Crippen molar-refractivity contribution in [2.24, 2.45) is 5.92 Å². The molecular weight excluding hydrogens is 579 g/mol. The van der Waals surface area contributed by atoms with E-state index in [1.807, 2.05) is 51.3 Å². The summed E-state index contributed by atoms with van der Waals surface area (Å²) < 4.78 is 10.9. The second kappa shape index (κ2) is 16.8. The van der Waals surface area contributed by atoms with Gasteiger partial charge in [-0.3, -0.25) is 14.5 Å². The molecule has 1 saturated heterocycles. The number of nitrogens with zero attached hydrogens (tertiary/aromatic N) is 1. The predicted molar refractivity (Wildman–Crippen MR) is 172 cm³/mol. The van der Waals surface area contributed by atoms with Gasteiger partial charge in [0.2, 0.25) is 11.8 Å². The van der Waals surface area contributed by atoms with E-state index in [1.54, 1.807) is 47.3 Å². The molecular formula is C30H47N3O5S3. The van der Waals surface area contributed by atoms with Gasteiger partial charge in [0, 0.05) is 18.1 Å². The number of rotatable bonds is 13. The zero-order valence-corrected chi connectivity index (χ0v) is 27.6. The number of carbonyl (C=O) groups excluding carboxylic acids is 3. The van der Waals surface area contributed by atoms with Gasteiger partial charge >= 0.3 is 6.09 Å². The van der Waals surface area contributed by atoms with Gasteiger partial charge in [0.1, 0.15) is 23.4 Å². The fraction of sp³-hybridized carbons (Fsp3) is 0.700. The number of benzene rings is 1. The van der Waals surface area contributed by atoms with Crippen molar-refractivity contribution < 1.29 is 23.9 Å². The fourth-order valence-electron chi connectivity index (χ4n) is 4.98. The zero-order chi connectivity index (χ0) is 29.8.